The van der Waals surface area contributed by atoms with Crippen LogP contribution in [0.5, 0.6) is 0 Å². The molecule has 0 aromatic heterocycles. The molecule has 3 heteroatoms. The van der Waals surface area contributed by atoms with Crippen molar-refractivity contribution in [3.8, 4) is 0 Å². The molecule has 2 nitrogen and oxygen atoms in total. The second kappa shape index (κ2) is 4.37. The van der Waals surface area contributed by atoms with E-state index in [0.29, 0.717) is 0 Å². The molecule has 1 aromatic rings. The molecule has 0 radical (unpaired) electrons. The molecule has 17 heavy (non-hydrogen) atoms. The van der Waals surface area contributed by atoms with E-state index in [0.717, 1.165) is 35.4 Å². The summed E-state index contributed by atoms with van der Waals surface area (Å²) in [6.45, 7) is 1.93. The van der Waals surface area contributed by atoms with Crippen molar-refractivity contribution in [2.45, 2.75) is 24.2 Å². The minimum atomic E-state index is 0.188. The number of amides is 1. The van der Waals surface area contributed by atoms with E-state index in [4.69, 9.17) is 0 Å². The van der Waals surface area contributed by atoms with Crippen molar-refractivity contribution in [2.24, 2.45) is 11.8 Å². The van der Waals surface area contributed by atoms with E-state index in [-0.39, 0.29) is 5.91 Å². The molecule has 1 aromatic carbocycles. The zero-order valence-electron chi connectivity index (χ0n) is 9.80. The maximum atomic E-state index is 12.3. The number of thiol groups is 1. The Hall–Kier alpha value is -0.960. The molecule has 3 rings (SSSR count). The summed E-state index contributed by atoms with van der Waals surface area (Å²) in [7, 11) is 0. The van der Waals surface area contributed by atoms with E-state index in [9.17, 15) is 4.79 Å². The molecule has 0 N–H and O–H groups in total. The van der Waals surface area contributed by atoms with Gasteiger partial charge in [-0.1, -0.05) is 6.42 Å². The summed E-state index contributed by atoms with van der Waals surface area (Å²) in [5.74, 6) is 1.72. The standard InChI is InChI=1S/C14H17NOS/c16-14(10-4-6-13(17)7-5-10)15-8-11-2-1-3-12(11)9-15/h4-7,11-12,17H,1-3,8-9H2. The fraction of sp³-hybridized carbons (Fsp3) is 0.500. The van der Waals surface area contributed by atoms with Gasteiger partial charge in [-0.15, -0.1) is 12.6 Å². The van der Waals surface area contributed by atoms with Crippen LogP contribution in [0, 0.1) is 11.8 Å². The van der Waals surface area contributed by atoms with Gasteiger partial charge in [0.2, 0.25) is 0 Å². The van der Waals surface area contributed by atoms with Crippen LogP contribution in [0.3, 0.4) is 0 Å². The van der Waals surface area contributed by atoms with Gasteiger partial charge in [-0.05, 0) is 48.9 Å². The second-order valence-electron chi connectivity index (χ2n) is 5.21. The number of nitrogens with zero attached hydrogens (tertiary/aromatic N) is 1. The van der Waals surface area contributed by atoms with Gasteiger partial charge in [0.05, 0.1) is 0 Å². The lowest BCUT2D eigenvalue weighted by Crippen LogP contribution is -2.29. The predicted octanol–water partition coefficient (Wildman–Crippen LogP) is 2.85. The van der Waals surface area contributed by atoms with Crippen molar-refractivity contribution in [1.82, 2.24) is 4.90 Å². The highest BCUT2D eigenvalue weighted by molar-refractivity contribution is 7.80. The van der Waals surface area contributed by atoms with Crippen molar-refractivity contribution in [3.05, 3.63) is 29.8 Å². The number of hydrogen-bond donors (Lipinski definition) is 1. The largest absolute Gasteiger partial charge is 0.338 e. The molecule has 1 saturated carbocycles. The summed E-state index contributed by atoms with van der Waals surface area (Å²) in [6.07, 6.45) is 3.97. The summed E-state index contributed by atoms with van der Waals surface area (Å²) in [5.41, 5.74) is 0.794. The van der Waals surface area contributed by atoms with Crippen LogP contribution in [0.1, 0.15) is 29.6 Å². The first-order chi connectivity index (χ1) is 8.24. The Morgan fingerprint density at radius 2 is 1.71 bits per heavy atom. The second-order valence-corrected chi connectivity index (χ2v) is 5.72. The Balaban J connectivity index is 1.73. The molecule has 1 amide bonds. The number of benzene rings is 1. The zero-order chi connectivity index (χ0) is 11.8. The fourth-order valence-electron chi connectivity index (χ4n) is 3.19. The molecule has 0 bridgehead atoms. The third kappa shape index (κ3) is 2.08. The number of hydrogen-bond acceptors (Lipinski definition) is 2. The van der Waals surface area contributed by atoms with Crippen molar-refractivity contribution in [2.75, 3.05) is 13.1 Å². The number of carbonyl (C=O) groups excluding carboxylic acids is 1. The Bertz CT molecular complexity index is 416. The minimum absolute atomic E-state index is 0.188. The molecule has 1 heterocycles. The summed E-state index contributed by atoms with van der Waals surface area (Å²) in [5, 5.41) is 0. The van der Waals surface area contributed by atoms with E-state index in [1.807, 2.05) is 29.2 Å². The van der Waals surface area contributed by atoms with Gasteiger partial charge in [0.25, 0.3) is 5.91 Å². The third-order valence-corrected chi connectivity index (χ3v) is 4.43. The lowest BCUT2D eigenvalue weighted by Gasteiger charge is -2.17. The maximum Gasteiger partial charge on any atom is 0.253 e. The minimum Gasteiger partial charge on any atom is -0.338 e. The lowest BCUT2D eigenvalue weighted by molar-refractivity contribution is 0.0780. The maximum absolute atomic E-state index is 12.3. The van der Waals surface area contributed by atoms with Crippen LogP contribution in [-0.2, 0) is 0 Å². The molecule has 90 valence electrons. The Morgan fingerprint density at radius 1 is 1.12 bits per heavy atom. The lowest BCUT2D eigenvalue weighted by atomic mass is 10.0. The van der Waals surface area contributed by atoms with E-state index in [2.05, 4.69) is 12.6 Å². The molecular weight excluding hydrogens is 230 g/mol. The van der Waals surface area contributed by atoms with Crippen LogP contribution in [0.2, 0.25) is 0 Å². The summed E-state index contributed by atoms with van der Waals surface area (Å²) in [6, 6.07) is 7.51. The molecule has 1 saturated heterocycles. The number of fused-ring (bicyclic) bond motifs is 1. The number of carbonyl (C=O) groups is 1. The van der Waals surface area contributed by atoms with Gasteiger partial charge in [0, 0.05) is 23.5 Å². The van der Waals surface area contributed by atoms with Crippen LogP contribution < -0.4 is 0 Å². The van der Waals surface area contributed by atoms with Gasteiger partial charge >= 0.3 is 0 Å². The molecule has 1 aliphatic carbocycles. The third-order valence-electron chi connectivity index (χ3n) is 4.13. The van der Waals surface area contributed by atoms with Crippen molar-refractivity contribution >= 4 is 18.5 Å². The molecule has 0 spiro atoms. The average Bonchev–Trinajstić information content (AvgIpc) is 2.89. The Labute approximate surface area is 107 Å². The van der Waals surface area contributed by atoms with Crippen LogP contribution in [0.4, 0.5) is 0 Å². The van der Waals surface area contributed by atoms with Gasteiger partial charge in [0.1, 0.15) is 0 Å². The fourth-order valence-corrected chi connectivity index (χ4v) is 3.34. The molecule has 2 fully saturated rings. The molecule has 1 aliphatic heterocycles. The van der Waals surface area contributed by atoms with Crippen LogP contribution in [-0.4, -0.2) is 23.9 Å². The quantitative estimate of drug-likeness (QED) is 0.757. The molecular formula is C14H17NOS. The smallest absolute Gasteiger partial charge is 0.253 e. The average molecular weight is 247 g/mol. The summed E-state index contributed by atoms with van der Waals surface area (Å²) < 4.78 is 0. The molecule has 2 aliphatic rings. The van der Waals surface area contributed by atoms with Gasteiger partial charge in [0.15, 0.2) is 0 Å². The van der Waals surface area contributed by atoms with Crippen molar-refractivity contribution in [1.29, 1.82) is 0 Å². The number of likely N-dealkylation sites (tertiary alicyclic amines) is 1. The highest BCUT2D eigenvalue weighted by Crippen LogP contribution is 2.38. The van der Waals surface area contributed by atoms with E-state index in [1.54, 1.807) is 0 Å². The summed E-state index contributed by atoms with van der Waals surface area (Å²) >= 11 is 4.24. The predicted molar refractivity (Wildman–Crippen MR) is 70.4 cm³/mol. The Morgan fingerprint density at radius 3 is 2.29 bits per heavy atom. The van der Waals surface area contributed by atoms with Crippen molar-refractivity contribution < 1.29 is 4.79 Å². The number of rotatable bonds is 1. The first-order valence-electron chi connectivity index (χ1n) is 6.32. The van der Waals surface area contributed by atoms with E-state index < -0.39 is 0 Å². The van der Waals surface area contributed by atoms with Gasteiger partial charge in [-0.25, -0.2) is 0 Å². The van der Waals surface area contributed by atoms with Gasteiger partial charge in [-0.2, -0.15) is 0 Å². The van der Waals surface area contributed by atoms with Crippen LogP contribution in [0.15, 0.2) is 29.2 Å². The summed E-state index contributed by atoms with van der Waals surface area (Å²) in [4.78, 5) is 15.2. The SMILES string of the molecule is O=C(c1ccc(S)cc1)N1CC2CCCC2C1. The van der Waals surface area contributed by atoms with Crippen molar-refractivity contribution in [3.63, 3.8) is 0 Å². The van der Waals surface area contributed by atoms with E-state index in [1.165, 1.54) is 19.3 Å². The first-order valence-corrected chi connectivity index (χ1v) is 6.77. The molecule has 2 unspecified atom stereocenters. The first kappa shape index (κ1) is 11.1. The Kier molecular flexibility index (Phi) is 2.87. The van der Waals surface area contributed by atoms with Gasteiger partial charge in [-0.3, -0.25) is 4.79 Å². The monoisotopic (exact) mass is 247 g/mol. The van der Waals surface area contributed by atoms with E-state index >= 15 is 0 Å². The molecule has 2 atom stereocenters. The highest BCUT2D eigenvalue weighted by atomic mass is 32.1. The highest BCUT2D eigenvalue weighted by Gasteiger charge is 2.38. The van der Waals surface area contributed by atoms with Crippen LogP contribution >= 0.6 is 12.6 Å². The topological polar surface area (TPSA) is 20.3 Å². The zero-order valence-corrected chi connectivity index (χ0v) is 10.7. The van der Waals surface area contributed by atoms with Crippen LogP contribution in [0.25, 0.3) is 0 Å². The normalized spacial score (nSPS) is 27.2. The van der Waals surface area contributed by atoms with Gasteiger partial charge < -0.3 is 4.90 Å².